The predicted molar refractivity (Wildman–Crippen MR) is 100 cm³/mol. The number of aliphatic hydroxyl groups excluding tert-OH is 2. The van der Waals surface area contributed by atoms with Crippen LogP contribution in [0.1, 0.15) is 39.5 Å². The van der Waals surface area contributed by atoms with Gasteiger partial charge in [0, 0.05) is 12.6 Å². The van der Waals surface area contributed by atoms with Crippen LogP contribution in [-0.2, 0) is 4.79 Å². The van der Waals surface area contributed by atoms with Gasteiger partial charge < -0.3 is 21.3 Å². The lowest BCUT2D eigenvalue weighted by molar-refractivity contribution is -0.136. The van der Waals surface area contributed by atoms with E-state index < -0.39 is 30.7 Å². The Labute approximate surface area is 157 Å². The second-order valence-corrected chi connectivity index (χ2v) is 6.27. The number of aliphatic imine (C=N–C) groups is 1. The van der Waals surface area contributed by atoms with Crippen LogP contribution in [0.4, 0.5) is 13.2 Å². The van der Waals surface area contributed by atoms with Crippen molar-refractivity contribution in [2.24, 2.45) is 10.7 Å². The average molecular weight is 401 g/mol. The van der Waals surface area contributed by atoms with Crippen LogP contribution in [0.25, 0.3) is 0 Å². The Morgan fingerprint density at radius 3 is 2.31 bits per heavy atom. The highest BCUT2D eigenvalue weighted by Gasteiger charge is 2.29. The molecule has 0 aromatic carbocycles. The summed E-state index contributed by atoms with van der Waals surface area (Å²) in [6.07, 6.45) is -3.10. The van der Waals surface area contributed by atoms with Crippen LogP contribution in [-0.4, -0.2) is 58.4 Å². The van der Waals surface area contributed by atoms with Crippen LogP contribution in [0.5, 0.6) is 0 Å². The molecule has 0 aromatic rings. The molecule has 0 aliphatic carbocycles. The predicted octanol–water partition coefficient (Wildman–Crippen LogP) is 2.21. The van der Waals surface area contributed by atoms with Crippen LogP contribution in [0.15, 0.2) is 17.8 Å². The molecular weight excluding hydrogens is 371 g/mol. The molecule has 0 aromatic heterocycles. The van der Waals surface area contributed by atoms with Crippen LogP contribution >= 0.6 is 11.8 Å². The molecule has 0 saturated carbocycles. The van der Waals surface area contributed by atoms with Gasteiger partial charge in [0.15, 0.2) is 0 Å². The number of hydrogen-bond acceptors (Lipinski definition) is 6. The molecule has 154 valence electrons. The summed E-state index contributed by atoms with van der Waals surface area (Å²) < 4.78 is 36.5. The van der Waals surface area contributed by atoms with E-state index in [9.17, 15) is 23.1 Å². The number of carbonyl (C=O) groups is 1. The molecule has 0 bridgehead atoms. The van der Waals surface area contributed by atoms with Crippen LogP contribution in [0.2, 0.25) is 0 Å². The summed E-state index contributed by atoms with van der Waals surface area (Å²) in [5.74, 6) is -0.551. The maximum absolute atomic E-state index is 12.2. The minimum Gasteiger partial charge on any atom is -0.393 e. The third-order valence-corrected chi connectivity index (χ3v) is 3.92. The van der Waals surface area contributed by atoms with Crippen molar-refractivity contribution >= 4 is 22.7 Å². The molecule has 0 rings (SSSR count). The zero-order chi connectivity index (χ0) is 20.8. The van der Waals surface area contributed by atoms with Gasteiger partial charge in [-0.2, -0.15) is 13.2 Å². The SMILES string of the molecule is C=CN=C(SC)C(O)C(CCCC(F)(F)F)NC(=O)CN.CCC(C)O. The van der Waals surface area contributed by atoms with Gasteiger partial charge in [0.05, 0.1) is 18.7 Å². The van der Waals surface area contributed by atoms with Crippen LogP contribution < -0.4 is 11.1 Å². The van der Waals surface area contributed by atoms with Gasteiger partial charge in [0.1, 0.15) is 11.1 Å². The molecular formula is C16H30F3N3O3S. The molecule has 5 N–H and O–H groups in total. The van der Waals surface area contributed by atoms with E-state index in [4.69, 9.17) is 10.8 Å². The quantitative estimate of drug-likeness (QED) is 0.350. The number of rotatable bonds is 9. The maximum atomic E-state index is 12.2. The van der Waals surface area contributed by atoms with Crippen molar-refractivity contribution in [1.29, 1.82) is 0 Å². The molecule has 10 heteroatoms. The molecule has 0 fully saturated rings. The van der Waals surface area contributed by atoms with E-state index in [0.29, 0.717) is 0 Å². The first kappa shape index (κ1) is 27.1. The highest BCUT2D eigenvalue weighted by Crippen LogP contribution is 2.23. The van der Waals surface area contributed by atoms with Gasteiger partial charge in [-0.15, -0.1) is 11.8 Å². The number of hydrogen-bond donors (Lipinski definition) is 4. The summed E-state index contributed by atoms with van der Waals surface area (Å²) in [5, 5.41) is 21.2. The third-order valence-electron chi connectivity index (χ3n) is 3.16. The molecule has 1 amide bonds. The van der Waals surface area contributed by atoms with Gasteiger partial charge in [-0.3, -0.25) is 9.79 Å². The third kappa shape index (κ3) is 15.2. The van der Waals surface area contributed by atoms with Crippen molar-refractivity contribution in [2.45, 2.75) is 64.0 Å². The standard InChI is InChI=1S/C12H20F3N3O2S.C4H10O/c1-3-17-11(21-2)10(20)8(18-9(19)7-16)5-4-6-12(13,14)15;1-3-4(2)5/h3,8,10,20H,1,4-7,16H2,2H3,(H,18,19);4-5H,3H2,1-2H3. The number of halogens is 3. The number of thioether (sulfide) groups is 1. The summed E-state index contributed by atoms with van der Waals surface area (Å²) in [6.45, 7) is 6.81. The average Bonchev–Trinajstić information content (AvgIpc) is 2.57. The highest BCUT2D eigenvalue weighted by molar-refractivity contribution is 8.13. The van der Waals surface area contributed by atoms with Crippen LogP contribution in [0, 0.1) is 0 Å². The first-order valence-electron chi connectivity index (χ1n) is 8.17. The van der Waals surface area contributed by atoms with Gasteiger partial charge in [-0.05, 0) is 32.4 Å². The summed E-state index contributed by atoms with van der Waals surface area (Å²) >= 11 is 1.13. The topological polar surface area (TPSA) is 108 Å². The largest absolute Gasteiger partial charge is 0.393 e. The lowest BCUT2D eigenvalue weighted by Gasteiger charge is -2.24. The van der Waals surface area contributed by atoms with E-state index in [2.05, 4.69) is 16.9 Å². The number of nitrogens with one attached hydrogen (secondary N) is 1. The number of alkyl halides is 3. The maximum Gasteiger partial charge on any atom is 0.389 e. The molecule has 3 unspecified atom stereocenters. The van der Waals surface area contributed by atoms with Gasteiger partial charge in [-0.25, -0.2) is 0 Å². The first-order chi connectivity index (χ1) is 12.0. The van der Waals surface area contributed by atoms with Crippen molar-refractivity contribution in [2.75, 3.05) is 12.8 Å². The van der Waals surface area contributed by atoms with Crippen molar-refractivity contribution in [1.82, 2.24) is 5.32 Å². The summed E-state index contributed by atoms with van der Waals surface area (Å²) in [6, 6.07) is -0.880. The second-order valence-electron chi connectivity index (χ2n) is 5.44. The molecule has 0 heterocycles. The number of amides is 1. The van der Waals surface area contributed by atoms with E-state index in [1.165, 1.54) is 6.20 Å². The smallest absolute Gasteiger partial charge is 0.389 e. The van der Waals surface area contributed by atoms with E-state index in [1.807, 2.05) is 6.92 Å². The Morgan fingerprint density at radius 2 is 1.96 bits per heavy atom. The number of nitrogens with two attached hydrogens (primary N) is 1. The fourth-order valence-electron chi connectivity index (χ4n) is 1.61. The molecule has 0 aliphatic heterocycles. The highest BCUT2D eigenvalue weighted by atomic mass is 32.2. The zero-order valence-electron chi connectivity index (χ0n) is 15.4. The molecule has 0 aliphatic rings. The second kappa shape index (κ2) is 15.0. The molecule has 26 heavy (non-hydrogen) atoms. The molecule has 3 atom stereocenters. The Morgan fingerprint density at radius 1 is 1.42 bits per heavy atom. The lowest BCUT2D eigenvalue weighted by Crippen LogP contribution is -2.48. The lowest BCUT2D eigenvalue weighted by atomic mass is 10.0. The van der Waals surface area contributed by atoms with Crippen LogP contribution in [0.3, 0.4) is 0 Å². The Bertz CT molecular complexity index is 433. The zero-order valence-corrected chi connectivity index (χ0v) is 16.2. The molecule has 6 nitrogen and oxygen atoms in total. The Hall–Kier alpha value is -1.10. The van der Waals surface area contributed by atoms with E-state index in [-0.39, 0.29) is 30.5 Å². The monoisotopic (exact) mass is 401 g/mol. The Balaban J connectivity index is 0. The minimum absolute atomic E-state index is 0.0386. The van der Waals surface area contributed by atoms with Crippen molar-refractivity contribution in [3.05, 3.63) is 12.8 Å². The minimum atomic E-state index is -4.27. The van der Waals surface area contributed by atoms with E-state index in [1.54, 1.807) is 13.2 Å². The normalized spacial score (nSPS) is 15.3. The van der Waals surface area contributed by atoms with Crippen molar-refractivity contribution in [3.8, 4) is 0 Å². The summed E-state index contributed by atoms with van der Waals surface area (Å²) in [7, 11) is 0. The fourth-order valence-corrected chi connectivity index (χ4v) is 2.19. The number of aliphatic hydroxyl groups is 2. The van der Waals surface area contributed by atoms with Gasteiger partial charge >= 0.3 is 6.18 Å². The van der Waals surface area contributed by atoms with Gasteiger partial charge in [-0.1, -0.05) is 13.5 Å². The van der Waals surface area contributed by atoms with E-state index in [0.717, 1.165) is 18.2 Å². The molecule has 0 saturated heterocycles. The Kier molecular flexibility index (Phi) is 15.7. The molecule has 0 spiro atoms. The fraction of sp³-hybridized carbons (Fsp3) is 0.750. The van der Waals surface area contributed by atoms with Gasteiger partial charge in [0.25, 0.3) is 0 Å². The number of nitrogens with zero attached hydrogens (tertiary/aromatic N) is 1. The number of carbonyl (C=O) groups excluding carboxylic acids is 1. The summed E-state index contributed by atoms with van der Waals surface area (Å²) in [4.78, 5) is 15.2. The van der Waals surface area contributed by atoms with Crippen molar-refractivity contribution in [3.63, 3.8) is 0 Å². The molecule has 0 radical (unpaired) electrons. The van der Waals surface area contributed by atoms with Crippen molar-refractivity contribution < 1.29 is 28.2 Å². The van der Waals surface area contributed by atoms with E-state index >= 15 is 0 Å². The summed E-state index contributed by atoms with van der Waals surface area (Å²) in [5.41, 5.74) is 5.16. The first-order valence-corrected chi connectivity index (χ1v) is 9.39. The van der Waals surface area contributed by atoms with Gasteiger partial charge in [0.2, 0.25) is 5.91 Å².